The first kappa shape index (κ1) is 20.2. The molecule has 2 aromatic heterocycles. The lowest BCUT2D eigenvalue weighted by atomic mass is 10.1. The van der Waals surface area contributed by atoms with E-state index in [2.05, 4.69) is 9.88 Å². The normalized spacial score (nSPS) is 11.5. The van der Waals surface area contributed by atoms with Crippen LogP contribution < -0.4 is 14.2 Å². The number of methoxy groups -OCH3 is 2. The van der Waals surface area contributed by atoms with Crippen LogP contribution in [0.3, 0.4) is 0 Å². The second kappa shape index (κ2) is 7.48. The zero-order chi connectivity index (χ0) is 20.6. The number of rotatable bonds is 6. The number of aromatic nitrogens is 1. The Morgan fingerprint density at radius 1 is 1.00 bits per heavy atom. The molecule has 0 atom stereocenters. The van der Waals surface area contributed by atoms with Gasteiger partial charge in [0.05, 0.1) is 31.2 Å². The Morgan fingerprint density at radius 2 is 1.61 bits per heavy atom. The topological polar surface area (TPSA) is 90.7 Å². The van der Waals surface area contributed by atoms with Crippen LogP contribution in [0.4, 0.5) is 5.69 Å². The van der Waals surface area contributed by atoms with Crippen molar-refractivity contribution in [1.29, 1.82) is 0 Å². The Balaban J connectivity index is 2.12. The molecule has 0 aliphatic carbocycles. The van der Waals surface area contributed by atoms with Gasteiger partial charge in [0.1, 0.15) is 16.4 Å². The van der Waals surface area contributed by atoms with E-state index < -0.39 is 10.0 Å². The number of benzene rings is 1. The van der Waals surface area contributed by atoms with Gasteiger partial charge < -0.3 is 14.0 Å². The predicted octanol–water partition coefficient (Wildman–Crippen LogP) is 4.45. The molecular formula is C19H22N2O5S2. The fraction of sp³-hybridized carbons (Fsp3) is 0.316. The number of hydrogen-bond acceptors (Lipinski definition) is 7. The molecule has 0 radical (unpaired) electrons. The van der Waals surface area contributed by atoms with Gasteiger partial charge in [-0.1, -0.05) is 5.16 Å². The van der Waals surface area contributed by atoms with E-state index in [1.807, 2.05) is 20.8 Å². The van der Waals surface area contributed by atoms with Crippen molar-refractivity contribution in [3.8, 4) is 22.8 Å². The highest BCUT2D eigenvalue weighted by Crippen LogP contribution is 2.41. The van der Waals surface area contributed by atoms with Crippen LogP contribution >= 0.6 is 11.3 Å². The summed E-state index contributed by atoms with van der Waals surface area (Å²) >= 11 is 1.41. The quantitative estimate of drug-likeness (QED) is 0.631. The highest BCUT2D eigenvalue weighted by atomic mass is 32.2. The summed E-state index contributed by atoms with van der Waals surface area (Å²) < 4.78 is 45.1. The summed E-state index contributed by atoms with van der Waals surface area (Å²) in [5.74, 6) is 1.44. The standard InChI is InChI=1S/C19H22N2O5S2/c1-10-11(2)20-26-18(10)17-12(3)27-13(4)19(17)28(22,23)21-14-7-15(24-5)9-16(8-14)25-6/h7-9,21H,1-6H3. The van der Waals surface area contributed by atoms with Crippen LogP contribution in [-0.2, 0) is 10.0 Å². The molecule has 0 spiro atoms. The summed E-state index contributed by atoms with van der Waals surface area (Å²) in [4.78, 5) is 1.71. The molecule has 0 bridgehead atoms. The van der Waals surface area contributed by atoms with E-state index in [4.69, 9.17) is 14.0 Å². The molecule has 0 aliphatic rings. The lowest BCUT2D eigenvalue weighted by Gasteiger charge is -2.12. The van der Waals surface area contributed by atoms with Gasteiger partial charge in [0.25, 0.3) is 10.0 Å². The molecule has 0 unspecified atom stereocenters. The molecule has 0 fully saturated rings. The van der Waals surface area contributed by atoms with E-state index in [9.17, 15) is 8.42 Å². The molecule has 3 rings (SSSR count). The highest BCUT2D eigenvalue weighted by Gasteiger charge is 2.30. The maximum absolute atomic E-state index is 13.3. The van der Waals surface area contributed by atoms with Crippen molar-refractivity contribution >= 4 is 27.0 Å². The minimum atomic E-state index is -3.90. The van der Waals surface area contributed by atoms with Crippen molar-refractivity contribution in [3.63, 3.8) is 0 Å². The SMILES string of the molecule is COc1cc(NS(=O)(=O)c2c(C)sc(C)c2-c2onc(C)c2C)cc(OC)c1. The molecular weight excluding hydrogens is 400 g/mol. The smallest absolute Gasteiger partial charge is 0.263 e. The minimum Gasteiger partial charge on any atom is -0.497 e. The van der Waals surface area contributed by atoms with Crippen molar-refractivity contribution in [2.45, 2.75) is 32.6 Å². The summed E-state index contributed by atoms with van der Waals surface area (Å²) in [6, 6.07) is 4.86. The van der Waals surface area contributed by atoms with Gasteiger partial charge in [-0.2, -0.15) is 0 Å². The first-order chi connectivity index (χ1) is 13.2. The van der Waals surface area contributed by atoms with Gasteiger partial charge in [-0.3, -0.25) is 4.72 Å². The van der Waals surface area contributed by atoms with Crippen LogP contribution in [0.2, 0.25) is 0 Å². The first-order valence-electron chi connectivity index (χ1n) is 8.47. The number of nitrogens with one attached hydrogen (secondary N) is 1. The molecule has 3 aromatic rings. The summed E-state index contributed by atoms with van der Waals surface area (Å²) in [6.07, 6.45) is 0. The van der Waals surface area contributed by atoms with Crippen LogP contribution in [-0.4, -0.2) is 27.8 Å². The minimum absolute atomic E-state index is 0.191. The predicted molar refractivity (Wildman–Crippen MR) is 109 cm³/mol. The van der Waals surface area contributed by atoms with Crippen molar-refractivity contribution < 1.29 is 22.4 Å². The average Bonchev–Trinajstić information content (AvgIpc) is 3.12. The summed E-state index contributed by atoms with van der Waals surface area (Å²) in [5, 5.41) is 3.98. The molecule has 28 heavy (non-hydrogen) atoms. The molecule has 1 N–H and O–H groups in total. The molecule has 150 valence electrons. The first-order valence-corrected chi connectivity index (χ1v) is 10.8. The number of anilines is 1. The summed E-state index contributed by atoms with van der Waals surface area (Å²) in [6.45, 7) is 7.34. The Bertz CT molecular complexity index is 1110. The van der Waals surface area contributed by atoms with Crippen LogP contribution in [0.1, 0.15) is 21.0 Å². The molecule has 2 heterocycles. The maximum atomic E-state index is 13.3. The monoisotopic (exact) mass is 422 g/mol. The van der Waals surface area contributed by atoms with Gasteiger partial charge in [-0.05, 0) is 27.7 Å². The van der Waals surface area contributed by atoms with Gasteiger partial charge in [-0.25, -0.2) is 8.42 Å². The van der Waals surface area contributed by atoms with Gasteiger partial charge in [0.15, 0.2) is 5.76 Å². The number of sulfonamides is 1. The average molecular weight is 423 g/mol. The van der Waals surface area contributed by atoms with Gasteiger partial charge in [0.2, 0.25) is 0 Å². The highest BCUT2D eigenvalue weighted by molar-refractivity contribution is 7.93. The van der Waals surface area contributed by atoms with Crippen LogP contribution in [0, 0.1) is 27.7 Å². The van der Waals surface area contributed by atoms with Crippen molar-refractivity contribution in [1.82, 2.24) is 5.16 Å². The van der Waals surface area contributed by atoms with E-state index in [0.717, 1.165) is 16.1 Å². The number of thiophene rings is 1. The van der Waals surface area contributed by atoms with Crippen LogP contribution in [0.15, 0.2) is 27.6 Å². The van der Waals surface area contributed by atoms with E-state index >= 15 is 0 Å². The third-order valence-electron chi connectivity index (χ3n) is 4.46. The molecule has 0 amide bonds. The van der Waals surface area contributed by atoms with Crippen LogP contribution in [0.25, 0.3) is 11.3 Å². The second-order valence-corrected chi connectivity index (χ2v) is 9.40. The molecule has 0 saturated carbocycles. The zero-order valence-corrected chi connectivity index (χ0v) is 18.2. The van der Waals surface area contributed by atoms with Gasteiger partial charge >= 0.3 is 0 Å². The Hall–Kier alpha value is -2.52. The lowest BCUT2D eigenvalue weighted by Crippen LogP contribution is -2.14. The van der Waals surface area contributed by atoms with Crippen molar-refractivity contribution in [2.24, 2.45) is 0 Å². The molecule has 7 nitrogen and oxygen atoms in total. The number of ether oxygens (including phenoxy) is 2. The largest absolute Gasteiger partial charge is 0.497 e. The fourth-order valence-electron chi connectivity index (χ4n) is 2.97. The Labute approximate surface area is 168 Å². The van der Waals surface area contributed by atoms with Gasteiger partial charge in [-0.15, -0.1) is 11.3 Å². The van der Waals surface area contributed by atoms with E-state index in [0.29, 0.717) is 33.4 Å². The zero-order valence-electron chi connectivity index (χ0n) is 16.5. The third-order valence-corrected chi connectivity index (χ3v) is 7.16. The number of aryl methyl sites for hydroxylation is 3. The maximum Gasteiger partial charge on any atom is 0.263 e. The molecule has 1 aromatic carbocycles. The van der Waals surface area contributed by atoms with E-state index in [1.165, 1.54) is 25.6 Å². The van der Waals surface area contributed by atoms with Crippen molar-refractivity contribution in [2.75, 3.05) is 18.9 Å². The fourth-order valence-corrected chi connectivity index (χ4v) is 5.86. The van der Waals surface area contributed by atoms with E-state index in [-0.39, 0.29) is 4.90 Å². The van der Waals surface area contributed by atoms with E-state index in [1.54, 1.807) is 25.1 Å². The Morgan fingerprint density at radius 3 is 2.11 bits per heavy atom. The third kappa shape index (κ3) is 3.59. The molecule has 9 heteroatoms. The molecule has 0 aliphatic heterocycles. The second-order valence-electron chi connectivity index (χ2n) is 6.35. The van der Waals surface area contributed by atoms with Crippen molar-refractivity contribution in [3.05, 3.63) is 39.2 Å². The number of hydrogen-bond donors (Lipinski definition) is 1. The van der Waals surface area contributed by atoms with Crippen LogP contribution in [0.5, 0.6) is 11.5 Å². The lowest BCUT2D eigenvalue weighted by molar-refractivity contribution is 0.395. The van der Waals surface area contributed by atoms with Gasteiger partial charge in [0, 0.05) is 33.5 Å². The summed E-state index contributed by atoms with van der Waals surface area (Å²) in [7, 11) is -0.885. The molecule has 0 saturated heterocycles. The Kier molecular flexibility index (Phi) is 5.40. The number of nitrogens with zero attached hydrogens (tertiary/aromatic N) is 1. The summed E-state index contributed by atoms with van der Waals surface area (Å²) in [5.41, 5.74) is 2.44.